The lowest BCUT2D eigenvalue weighted by Crippen LogP contribution is -2.34. The topological polar surface area (TPSA) is 41.0 Å². The van der Waals surface area contributed by atoms with Gasteiger partial charge < -0.3 is 10.2 Å². The summed E-state index contributed by atoms with van der Waals surface area (Å²) in [7, 11) is 0. The fourth-order valence-electron chi connectivity index (χ4n) is 2.19. The summed E-state index contributed by atoms with van der Waals surface area (Å²) in [4.78, 5) is 10.9. The Morgan fingerprint density at radius 1 is 1.59 bits per heavy atom. The molecule has 92 valence electrons. The lowest BCUT2D eigenvalue weighted by molar-refractivity contribution is 0.444. The second-order valence-electron chi connectivity index (χ2n) is 4.62. The highest BCUT2D eigenvalue weighted by molar-refractivity contribution is 5.48. The van der Waals surface area contributed by atoms with E-state index < -0.39 is 0 Å². The Hall–Kier alpha value is -1.58. The van der Waals surface area contributed by atoms with Gasteiger partial charge in [0.2, 0.25) is 0 Å². The van der Waals surface area contributed by atoms with E-state index in [1.807, 2.05) is 12.1 Å². The molecule has 4 heteroatoms. The van der Waals surface area contributed by atoms with E-state index in [1.165, 1.54) is 12.8 Å². The van der Waals surface area contributed by atoms with E-state index in [1.54, 1.807) is 6.33 Å². The van der Waals surface area contributed by atoms with E-state index in [0.29, 0.717) is 0 Å². The molecule has 0 aliphatic carbocycles. The third-order valence-corrected chi connectivity index (χ3v) is 3.06. The van der Waals surface area contributed by atoms with Gasteiger partial charge in [0.05, 0.1) is 0 Å². The largest absolute Gasteiger partial charge is 0.366 e. The molecular weight excluding hydrogens is 212 g/mol. The molecule has 17 heavy (non-hydrogen) atoms. The Morgan fingerprint density at radius 3 is 3.24 bits per heavy atom. The number of nitrogens with zero attached hydrogens (tertiary/aromatic N) is 3. The summed E-state index contributed by atoms with van der Waals surface area (Å²) in [5, 5.41) is 3.19. The first-order valence-electron chi connectivity index (χ1n) is 6.21. The van der Waals surface area contributed by atoms with E-state index in [9.17, 15) is 0 Å². The number of hydrogen-bond donors (Lipinski definition) is 1. The molecule has 0 aromatic carbocycles. The summed E-state index contributed by atoms with van der Waals surface area (Å²) in [6, 6.07) is 2.02. The molecule has 0 radical (unpaired) electrons. The molecule has 0 amide bonds. The van der Waals surface area contributed by atoms with Crippen LogP contribution in [0.25, 0.3) is 0 Å². The van der Waals surface area contributed by atoms with Crippen molar-refractivity contribution < 1.29 is 0 Å². The smallest absolute Gasteiger partial charge is 0.134 e. The molecule has 0 saturated carbocycles. The SMILES string of the molecule is C=CCNc1cc(N2CCCC(C)C2)ncn1. The number of anilines is 2. The van der Waals surface area contributed by atoms with Crippen LogP contribution in [0.2, 0.25) is 0 Å². The molecule has 4 nitrogen and oxygen atoms in total. The minimum atomic E-state index is 0.729. The first-order valence-corrected chi connectivity index (χ1v) is 6.21. The lowest BCUT2D eigenvalue weighted by atomic mass is 10.0. The summed E-state index contributed by atoms with van der Waals surface area (Å²) in [6.45, 7) is 8.90. The zero-order chi connectivity index (χ0) is 12.1. The van der Waals surface area contributed by atoms with Gasteiger partial charge in [-0.3, -0.25) is 0 Å². The van der Waals surface area contributed by atoms with Crippen LogP contribution in [-0.4, -0.2) is 29.6 Å². The van der Waals surface area contributed by atoms with Crippen molar-refractivity contribution in [2.75, 3.05) is 29.9 Å². The number of hydrogen-bond acceptors (Lipinski definition) is 4. The third-order valence-electron chi connectivity index (χ3n) is 3.06. The van der Waals surface area contributed by atoms with Crippen LogP contribution in [0.3, 0.4) is 0 Å². The van der Waals surface area contributed by atoms with Crippen LogP contribution in [0.15, 0.2) is 25.0 Å². The molecule has 1 N–H and O–H groups in total. The standard InChI is InChI=1S/C13H20N4/c1-3-6-14-12-8-13(16-10-15-12)17-7-4-5-11(2)9-17/h3,8,10-11H,1,4-7,9H2,2H3,(H,14,15,16). The van der Waals surface area contributed by atoms with Crippen molar-refractivity contribution in [2.45, 2.75) is 19.8 Å². The normalized spacial score (nSPS) is 20.1. The minimum absolute atomic E-state index is 0.729. The second kappa shape index (κ2) is 5.66. The highest BCUT2D eigenvalue weighted by Crippen LogP contribution is 2.22. The zero-order valence-corrected chi connectivity index (χ0v) is 10.4. The molecule has 1 aliphatic heterocycles. The molecule has 1 aromatic heterocycles. The van der Waals surface area contributed by atoms with Gasteiger partial charge in [0.15, 0.2) is 0 Å². The average molecular weight is 232 g/mol. The Morgan fingerprint density at radius 2 is 2.47 bits per heavy atom. The van der Waals surface area contributed by atoms with Crippen LogP contribution in [-0.2, 0) is 0 Å². The van der Waals surface area contributed by atoms with E-state index >= 15 is 0 Å². The van der Waals surface area contributed by atoms with Gasteiger partial charge in [-0.15, -0.1) is 6.58 Å². The number of piperidine rings is 1. The predicted molar refractivity (Wildman–Crippen MR) is 71.3 cm³/mol. The van der Waals surface area contributed by atoms with Crippen LogP contribution in [0.1, 0.15) is 19.8 Å². The maximum atomic E-state index is 4.35. The monoisotopic (exact) mass is 232 g/mol. The van der Waals surface area contributed by atoms with Gasteiger partial charge >= 0.3 is 0 Å². The van der Waals surface area contributed by atoms with E-state index in [2.05, 4.69) is 33.7 Å². The summed E-state index contributed by atoms with van der Waals surface area (Å²) in [5.74, 6) is 2.65. The van der Waals surface area contributed by atoms with Crippen LogP contribution in [0, 0.1) is 5.92 Å². The van der Waals surface area contributed by atoms with Gasteiger partial charge in [-0.05, 0) is 18.8 Å². The van der Waals surface area contributed by atoms with Crippen LogP contribution < -0.4 is 10.2 Å². The van der Waals surface area contributed by atoms with Crippen LogP contribution in [0.4, 0.5) is 11.6 Å². The Bertz CT molecular complexity index is 377. The van der Waals surface area contributed by atoms with Crippen LogP contribution in [0.5, 0.6) is 0 Å². The van der Waals surface area contributed by atoms with Crippen molar-refractivity contribution >= 4 is 11.6 Å². The average Bonchev–Trinajstić information content (AvgIpc) is 2.37. The molecular formula is C13H20N4. The highest BCUT2D eigenvalue weighted by atomic mass is 15.2. The summed E-state index contributed by atoms with van der Waals surface area (Å²) in [5.41, 5.74) is 0. The maximum Gasteiger partial charge on any atom is 0.134 e. The van der Waals surface area contributed by atoms with Gasteiger partial charge in [0.25, 0.3) is 0 Å². The molecule has 2 rings (SSSR count). The van der Waals surface area contributed by atoms with Crippen LogP contribution >= 0.6 is 0 Å². The Balaban J connectivity index is 2.06. The number of aromatic nitrogens is 2. The summed E-state index contributed by atoms with van der Waals surface area (Å²) >= 11 is 0. The van der Waals surface area contributed by atoms with Crippen molar-refractivity contribution in [3.8, 4) is 0 Å². The molecule has 2 heterocycles. The molecule has 1 atom stereocenters. The summed E-state index contributed by atoms with van der Waals surface area (Å²) in [6.07, 6.45) is 6.02. The maximum absolute atomic E-state index is 4.35. The molecule has 1 unspecified atom stereocenters. The number of rotatable bonds is 4. The van der Waals surface area contributed by atoms with Crippen molar-refractivity contribution in [1.29, 1.82) is 0 Å². The molecule has 0 spiro atoms. The summed E-state index contributed by atoms with van der Waals surface area (Å²) < 4.78 is 0. The number of nitrogens with one attached hydrogen (secondary N) is 1. The van der Waals surface area contributed by atoms with Gasteiger partial charge in [-0.2, -0.15) is 0 Å². The Kier molecular flexibility index (Phi) is 3.96. The Labute approximate surface area is 103 Å². The van der Waals surface area contributed by atoms with Crippen molar-refractivity contribution in [3.63, 3.8) is 0 Å². The minimum Gasteiger partial charge on any atom is -0.366 e. The van der Waals surface area contributed by atoms with Gasteiger partial charge in [0, 0.05) is 25.7 Å². The first-order chi connectivity index (χ1) is 8.29. The molecule has 1 saturated heterocycles. The first kappa shape index (κ1) is 11.9. The molecule has 1 aliphatic rings. The van der Waals surface area contributed by atoms with E-state index in [-0.39, 0.29) is 0 Å². The van der Waals surface area contributed by atoms with Gasteiger partial charge in [-0.1, -0.05) is 13.0 Å². The predicted octanol–water partition coefficient (Wildman–Crippen LogP) is 2.31. The van der Waals surface area contributed by atoms with Gasteiger partial charge in [-0.25, -0.2) is 9.97 Å². The van der Waals surface area contributed by atoms with E-state index in [4.69, 9.17) is 0 Å². The fraction of sp³-hybridized carbons (Fsp3) is 0.538. The quantitative estimate of drug-likeness (QED) is 0.809. The lowest BCUT2D eigenvalue weighted by Gasteiger charge is -2.31. The molecule has 1 fully saturated rings. The van der Waals surface area contributed by atoms with Crippen molar-refractivity contribution in [2.24, 2.45) is 5.92 Å². The second-order valence-corrected chi connectivity index (χ2v) is 4.62. The zero-order valence-electron chi connectivity index (χ0n) is 10.4. The third kappa shape index (κ3) is 3.19. The van der Waals surface area contributed by atoms with Crippen molar-refractivity contribution in [3.05, 3.63) is 25.0 Å². The van der Waals surface area contributed by atoms with E-state index in [0.717, 1.165) is 37.2 Å². The fourth-order valence-corrected chi connectivity index (χ4v) is 2.19. The molecule has 1 aromatic rings. The highest BCUT2D eigenvalue weighted by Gasteiger charge is 2.17. The van der Waals surface area contributed by atoms with Crippen molar-refractivity contribution in [1.82, 2.24) is 9.97 Å². The van der Waals surface area contributed by atoms with Gasteiger partial charge in [0.1, 0.15) is 18.0 Å². The molecule has 0 bridgehead atoms.